The maximum atomic E-state index is 13.6. The van der Waals surface area contributed by atoms with Crippen LogP contribution in [0.1, 0.15) is 29.6 Å². The molecule has 2 rings (SSSR count). The Balaban J connectivity index is 1.76. The van der Waals surface area contributed by atoms with E-state index in [0.29, 0.717) is 30.4 Å². The fraction of sp³-hybridized carbons (Fsp3) is 0.429. The molecule has 1 saturated heterocycles. The third-order valence-electron chi connectivity index (χ3n) is 3.24. The van der Waals surface area contributed by atoms with Gasteiger partial charge in [-0.05, 0) is 31.0 Å². The summed E-state index contributed by atoms with van der Waals surface area (Å²) in [5, 5.41) is 2.67. The molecule has 1 aromatic rings. The maximum absolute atomic E-state index is 13.6. The number of rotatable bonds is 5. The number of amides is 2. The van der Waals surface area contributed by atoms with E-state index < -0.39 is 11.7 Å². The van der Waals surface area contributed by atoms with Crippen LogP contribution in [0.4, 0.5) is 4.39 Å². The topological polar surface area (TPSA) is 49.4 Å². The van der Waals surface area contributed by atoms with Crippen molar-refractivity contribution in [3.63, 3.8) is 0 Å². The number of benzene rings is 1. The van der Waals surface area contributed by atoms with Gasteiger partial charge in [0.1, 0.15) is 5.82 Å². The van der Waals surface area contributed by atoms with Gasteiger partial charge in [-0.1, -0.05) is 15.9 Å². The van der Waals surface area contributed by atoms with Gasteiger partial charge in [0.2, 0.25) is 5.91 Å². The first-order valence-electron chi connectivity index (χ1n) is 6.59. The molecule has 2 amide bonds. The molecular formula is C14H16BrFN2O2. The van der Waals surface area contributed by atoms with E-state index in [1.807, 2.05) is 0 Å². The van der Waals surface area contributed by atoms with Gasteiger partial charge in [-0.15, -0.1) is 0 Å². The Morgan fingerprint density at radius 2 is 2.25 bits per heavy atom. The first kappa shape index (κ1) is 15.0. The first-order valence-corrected chi connectivity index (χ1v) is 7.38. The molecule has 20 heavy (non-hydrogen) atoms. The molecule has 0 saturated carbocycles. The van der Waals surface area contributed by atoms with Crippen LogP contribution in [0.15, 0.2) is 22.7 Å². The Hall–Kier alpha value is -1.43. The molecule has 0 unspecified atom stereocenters. The molecule has 1 aliphatic heterocycles. The summed E-state index contributed by atoms with van der Waals surface area (Å²) in [5.41, 5.74) is 0.0328. The van der Waals surface area contributed by atoms with E-state index in [4.69, 9.17) is 0 Å². The SMILES string of the molecule is O=C(NCCCN1CCCC1=O)c1ccc(Br)cc1F. The van der Waals surface area contributed by atoms with Crippen molar-refractivity contribution < 1.29 is 14.0 Å². The summed E-state index contributed by atoms with van der Waals surface area (Å²) in [6.07, 6.45) is 2.21. The first-order chi connectivity index (χ1) is 9.58. The van der Waals surface area contributed by atoms with Gasteiger partial charge in [0.05, 0.1) is 5.56 Å². The second kappa shape index (κ2) is 6.83. The largest absolute Gasteiger partial charge is 0.352 e. The van der Waals surface area contributed by atoms with Crippen LogP contribution in [0.3, 0.4) is 0 Å². The summed E-state index contributed by atoms with van der Waals surface area (Å²) in [6.45, 7) is 1.87. The van der Waals surface area contributed by atoms with E-state index in [1.54, 1.807) is 11.0 Å². The quantitative estimate of drug-likeness (QED) is 0.835. The number of halogens is 2. The van der Waals surface area contributed by atoms with Crippen LogP contribution in [0, 0.1) is 5.82 Å². The van der Waals surface area contributed by atoms with Crippen molar-refractivity contribution in [2.24, 2.45) is 0 Å². The standard InChI is InChI=1S/C14H16BrFN2O2/c15-10-4-5-11(12(16)9-10)14(20)17-6-2-8-18-7-1-3-13(18)19/h4-5,9H,1-3,6-8H2,(H,17,20). The van der Waals surface area contributed by atoms with Gasteiger partial charge in [0.15, 0.2) is 0 Å². The van der Waals surface area contributed by atoms with Crippen LogP contribution in [0.5, 0.6) is 0 Å². The van der Waals surface area contributed by atoms with Gasteiger partial charge < -0.3 is 10.2 Å². The summed E-state index contributed by atoms with van der Waals surface area (Å²) < 4.78 is 14.2. The van der Waals surface area contributed by atoms with Crippen LogP contribution in [0.25, 0.3) is 0 Å². The third kappa shape index (κ3) is 3.79. The molecule has 0 aromatic heterocycles. The van der Waals surface area contributed by atoms with Gasteiger partial charge in [0.25, 0.3) is 5.91 Å². The van der Waals surface area contributed by atoms with Crippen molar-refractivity contribution in [1.29, 1.82) is 0 Å². The normalized spacial score (nSPS) is 14.7. The highest BCUT2D eigenvalue weighted by Crippen LogP contribution is 2.15. The average Bonchev–Trinajstić information content (AvgIpc) is 2.80. The number of nitrogens with one attached hydrogen (secondary N) is 1. The molecule has 1 heterocycles. The lowest BCUT2D eigenvalue weighted by Gasteiger charge is -2.15. The monoisotopic (exact) mass is 342 g/mol. The molecule has 0 atom stereocenters. The lowest BCUT2D eigenvalue weighted by molar-refractivity contribution is -0.127. The van der Waals surface area contributed by atoms with Crippen LogP contribution in [-0.2, 0) is 4.79 Å². The molecule has 0 radical (unpaired) electrons. The lowest BCUT2D eigenvalue weighted by Crippen LogP contribution is -2.31. The number of hydrogen-bond acceptors (Lipinski definition) is 2. The van der Waals surface area contributed by atoms with Crippen LogP contribution in [0.2, 0.25) is 0 Å². The summed E-state index contributed by atoms with van der Waals surface area (Å²) in [5.74, 6) is -0.801. The van der Waals surface area contributed by atoms with E-state index in [9.17, 15) is 14.0 Å². The van der Waals surface area contributed by atoms with Crippen molar-refractivity contribution >= 4 is 27.7 Å². The molecule has 6 heteroatoms. The van der Waals surface area contributed by atoms with E-state index in [2.05, 4.69) is 21.2 Å². The van der Waals surface area contributed by atoms with Gasteiger partial charge >= 0.3 is 0 Å². The molecule has 0 spiro atoms. The van der Waals surface area contributed by atoms with Gasteiger partial charge in [-0.2, -0.15) is 0 Å². The summed E-state index contributed by atoms with van der Waals surface area (Å²) in [4.78, 5) is 25.0. The van der Waals surface area contributed by atoms with Crippen molar-refractivity contribution in [3.05, 3.63) is 34.1 Å². The number of hydrogen-bond donors (Lipinski definition) is 1. The number of carbonyl (C=O) groups is 2. The second-order valence-corrected chi connectivity index (χ2v) is 5.63. The van der Waals surface area contributed by atoms with Crippen molar-refractivity contribution in [2.75, 3.05) is 19.6 Å². The van der Waals surface area contributed by atoms with Gasteiger partial charge in [0, 0.05) is 30.5 Å². The van der Waals surface area contributed by atoms with Crippen LogP contribution in [-0.4, -0.2) is 36.3 Å². The maximum Gasteiger partial charge on any atom is 0.254 e. The third-order valence-corrected chi connectivity index (χ3v) is 3.73. The zero-order valence-corrected chi connectivity index (χ0v) is 12.6. The predicted molar refractivity (Wildman–Crippen MR) is 76.9 cm³/mol. The van der Waals surface area contributed by atoms with E-state index in [-0.39, 0.29) is 11.5 Å². The minimum absolute atomic E-state index is 0.0328. The zero-order valence-electron chi connectivity index (χ0n) is 11.0. The van der Waals surface area contributed by atoms with Crippen LogP contribution >= 0.6 is 15.9 Å². The molecular weight excluding hydrogens is 327 g/mol. The number of nitrogens with zero attached hydrogens (tertiary/aromatic N) is 1. The van der Waals surface area contributed by atoms with E-state index in [1.165, 1.54) is 12.1 Å². The van der Waals surface area contributed by atoms with E-state index >= 15 is 0 Å². The Kier molecular flexibility index (Phi) is 5.11. The van der Waals surface area contributed by atoms with Gasteiger partial charge in [-0.3, -0.25) is 9.59 Å². The molecule has 1 aliphatic rings. The minimum Gasteiger partial charge on any atom is -0.352 e. The van der Waals surface area contributed by atoms with E-state index in [0.717, 1.165) is 13.0 Å². The lowest BCUT2D eigenvalue weighted by atomic mass is 10.2. The molecule has 108 valence electrons. The molecule has 0 aliphatic carbocycles. The van der Waals surface area contributed by atoms with Crippen molar-refractivity contribution in [2.45, 2.75) is 19.3 Å². The molecule has 4 nitrogen and oxygen atoms in total. The van der Waals surface area contributed by atoms with Crippen LogP contribution < -0.4 is 5.32 Å². The predicted octanol–water partition coefficient (Wildman–Crippen LogP) is 2.33. The summed E-state index contributed by atoms with van der Waals surface area (Å²) in [6, 6.07) is 4.33. The summed E-state index contributed by atoms with van der Waals surface area (Å²) >= 11 is 3.14. The molecule has 1 fully saturated rings. The van der Waals surface area contributed by atoms with Gasteiger partial charge in [-0.25, -0.2) is 4.39 Å². The highest BCUT2D eigenvalue weighted by Gasteiger charge is 2.19. The Labute approximate surface area is 125 Å². The minimum atomic E-state index is -0.549. The molecule has 0 bridgehead atoms. The fourth-order valence-electron chi connectivity index (χ4n) is 2.18. The second-order valence-electron chi connectivity index (χ2n) is 4.72. The Bertz CT molecular complexity index is 522. The molecule has 1 N–H and O–H groups in total. The zero-order chi connectivity index (χ0) is 14.5. The van der Waals surface area contributed by atoms with Crippen molar-refractivity contribution in [1.82, 2.24) is 10.2 Å². The average molecular weight is 343 g/mol. The van der Waals surface area contributed by atoms with Crippen molar-refractivity contribution in [3.8, 4) is 0 Å². The number of carbonyl (C=O) groups excluding carboxylic acids is 2. The number of likely N-dealkylation sites (tertiary alicyclic amines) is 1. The Morgan fingerprint density at radius 1 is 1.45 bits per heavy atom. The fourth-order valence-corrected chi connectivity index (χ4v) is 2.51. The highest BCUT2D eigenvalue weighted by molar-refractivity contribution is 9.10. The Morgan fingerprint density at radius 3 is 2.90 bits per heavy atom. The smallest absolute Gasteiger partial charge is 0.254 e. The highest BCUT2D eigenvalue weighted by atomic mass is 79.9. The molecule has 1 aromatic carbocycles. The summed E-state index contributed by atoms with van der Waals surface area (Å²) in [7, 11) is 0.